The number of H-pyrrole nitrogens is 1. The number of rotatable bonds is 1. The Morgan fingerprint density at radius 2 is 2.20 bits per heavy atom. The van der Waals surface area contributed by atoms with Crippen LogP contribution < -0.4 is 5.32 Å². The van der Waals surface area contributed by atoms with Gasteiger partial charge in [0.2, 0.25) is 0 Å². The molecule has 3 rings (SSSR count). The highest BCUT2D eigenvalue weighted by atomic mass is 14.9. The first-order valence-corrected chi connectivity index (χ1v) is 5.64. The lowest BCUT2D eigenvalue weighted by Crippen LogP contribution is -2.31. The van der Waals surface area contributed by atoms with Gasteiger partial charge in [0.05, 0.1) is 0 Å². The average molecular weight is 200 g/mol. The molecule has 0 aliphatic heterocycles. The average Bonchev–Trinajstić information content (AvgIpc) is 2.66. The Balaban J connectivity index is 2.14. The molecule has 2 aromatic rings. The van der Waals surface area contributed by atoms with Gasteiger partial charge in [-0.1, -0.05) is 18.2 Å². The summed E-state index contributed by atoms with van der Waals surface area (Å²) in [4.78, 5) is 3.53. The van der Waals surface area contributed by atoms with Crippen LogP contribution in [-0.4, -0.2) is 18.1 Å². The molecule has 0 saturated carbocycles. The van der Waals surface area contributed by atoms with Crippen molar-refractivity contribution < 1.29 is 0 Å². The number of hydrogen-bond acceptors (Lipinski definition) is 1. The Hall–Kier alpha value is -1.28. The summed E-state index contributed by atoms with van der Waals surface area (Å²) in [6, 6.07) is 9.26. The van der Waals surface area contributed by atoms with Crippen LogP contribution in [0.15, 0.2) is 24.3 Å². The third kappa shape index (κ3) is 1.37. The Labute approximate surface area is 89.7 Å². The van der Waals surface area contributed by atoms with E-state index in [9.17, 15) is 0 Å². The van der Waals surface area contributed by atoms with Crippen LogP contribution in [0.3, 0.4) is 0 Å². The van der Waals surface area contributed by atoms with E-state index in [1.165, 1.54) is 35.0 Å². The number of benzene rings is 1. The van der Waals surface area contributed by atoms with Gasteiger partial charge in [0.1, 0.15) is 0 Å². The minimum Gasteiger partial charge on any atom is -0.358 e. The second-order valence-electron chi connectivity index (χ2n) is 4.36. The Morgan fingerprint density at radius 3 is 3.07 bits per heavy atom. The molecular formula is C13H16N2. The third-order valence-electron chi connectivity index (χ3n) is 3.50. The van der Waals surface area contributed by atoms with Crippen LogP contribution in [-0.2, 0) is 12.8 Å². The third-order valence-corrected chi connectivity index (χ3v) is 3.50. The molecule has 0 fully saturated rings. The lowest BCUT2D eigenvalue weighted by molar-refractivity contribution is 0.495. The van der Waals surface area contributed by atoms with Gasteiger partial charge in [-0.25, -0.2) is 0 Å². The zero-order valence-electron chi connectivity index (χ0n) is 9.01. The number of nitrogens with one attached hydrogen (secondary N) is 2. The molecule has 1 aliphatic carbocycles. The van der Waals surface area contributed by atoms with E-state index < -0.39 is 0 Å². The molecule has 2 N–H and O–H groups in total. The number of fused-ring (bicyclic) bond motifs is 3. The first kappa shape index (κ1) is 8.98. The van der Waals surface area contributed by atoms with Gasteiger partial charge in [-0.2, -0.15) is 0 Å². The lowest BCUT2D eigenvalue weighted by atomic mass is 9.92. The fourth-order valence-electron chi connectivity index (χ4n) is 2.62. The molecule has 0 radical (unpaired) electrons. The summed E-state index contributed by atoms with van der Waals surface area (Å²) in [6.45, 7) is 0. The Kier molecular flexibility index (Phi) is 2.03. The van der Waals surface area contributed by atoms with Crippen molar-refractivity contribution in [2.75, 3.05) is 7.05 Å². The van der Waals surface area contributed by atoms with Crippen molar-refractivity contribution in [3.05, 3.63) is 35.5 Å². The van der Waals surface area contributed by atoms with E-state index in [2.05, 4.69) is 41.6 Å². The van der Waals surface area contributed by atoms with Gasteiger partial charge >= 0.3 is 0 Å². The molecule has 0 amide bonds. The number of hydrogen-bond donors (Lipinski definition) is 2. The Morgan fingerprint density at radius 1 is 1.33 bits per heavy atom. The first-order valence-electron chi connectivity index (χ1n) is 5.64. The van der Waals surface area contributed by atoms with Gasteiger partial charge < -0.3 is 10.3 Å². The zero-order chi connectivity index (χ0) is 10.3. The number of likely N-dealkylation sites (N-methyl/N-ethyl adjacent to an activating group) is 1. The summed E-state index contributed by atoms with van der Waals surface area (Å²) in [5.74, 6) is 0. The van der Waals surface area contributed by atoms with Crippen LogP contribution in [0, 0.1) is 0 Å². The molecule has 0 saturated heterocycles. The van der Waals surface area contributed by atoms with Crippen molar-refractivity contribution in [2.45, 2.75) is 25.3 Å². The minimum absolute atomic E-state index is 0.650. The molecule has 1 aromatic heterocycles. The molecule has 15 heavy (non-hydrogen) atoms. The smallest absolute Gasteiger partial charge is 0.0458 e. The van der Waals surface area contributed by atoms with Crippen LogP contribution in [0.4, 0.5) is 0 Å². The highest BCUT2D eigenvalue weighted by Crippen LogP contribution is 2.28. The van der Waals surface area contributed by atoms with E-state index in [1.807, 2.05) is 0 Å². The predicted molar refractivity (Wildman–Crippen MR) is 63.2 cm³/mol. The standard InChI is InChI=1S/C13H16N2/c1-14-9-6-7-13-11(8-9)10-4-2-3-5-12(10)15-13/h2-5,9,14-15H,6-8H2,1H3/t9-/m0/s1. The van der Waals surface area contributed by atoms with Gasteiger partial charge in [0.15, 0.2) is 0 Å². The largest absolute Gasteiger partial charge is 0.358 e. The van der Waals surface area contributed by atoms with Crippen LogP contribution in [0.5, 0.6) is 0 Å². The van der Waals surface area contributed by atoms with Gasteiger partial charge in [-0.05, 0) is 37.9 Å². The van der Waals surface area contributed by atoms with E-state index in [4.69, 9.17) is 0 Å². The maximum absolute atomic E-state index is 3.53. The molecule has 1 heterocycles. The molecular weight excluding hydrogens is 184 g/mol. The number of aromatic nitrogens is 1. The van der Waals surface area contributed by atoms with Crippen molar-refractivity contribution in [1.82, 2.24) is 10.3 Å². The van der Waals surface area contributed by atoms with E-state index in [0.29, 0.717) is 6.04 Å². The molecule has 78 valence electrons. The van der Waals surface area contributed by atoms with Gasteiger partial charge in [0.25, 0.3) is 0 Å². The summed E-state index contributed by atoms with van der Waals surface area (Å²) in [5, 5.41) is 4.80. The first-order chi connectivity index (χ1) is 7.38. The summed E-state index contributed by atoms with van der Waals surface area (Å²) in [5.41, 5.74) is 4.26. The molecule has 1 atom stereocenters. The number of aryl methyl sites for hydroxylation is 1. The molecule has 1 aromatic carbocycles. The van der Waals surface area contributed by atoms with Crippen LogP contribution >= 0.6 is 0 Å². The molecule has 1 aliphatic rings. The fourth-order valence-corrected chi connectivity index (χ4v) is 2.62. The monoisotopic (exact) mass is 200 g/mol. The quantitative estimate of drug-likeness (QED) is 0.726. The van der Waals surface area contributed by atoms with Crippen molar-refractivity contribution in [3.8, 4) is 0 Å². The van der Waals surface area contributed by atoms with Gasteiger partial charge in [-0.15, -0.1) is 0 Å². The molecule has 0 unspecified atom stereocenters. The molecule has 2 nitrogen and oxygen atoms in total. The molecule has 0 spiro atoms. The van der Waals surface area contributed by atoms with Crippen molar-refractivity contribution in [1.29, 1.82) is 0 Å². The highest BCUT2D eigenvalue weighted by molar-refractivity contribution is 5.84. The van der Waals surface area contributed by atoms with Crippen molar-refractivity contribution in [3.63, 3.8) is 0 Å². The second-order valence-corrected chi connectivity index (χ2v) is 4.36. The topological polar surface area (TPSA) is 27.8 Å². The molecule has 2 heteroatoms. The fraction of sp³-hybridized carbons (Fsp3) is 0.385. The maximum atomic E-state index is 3.53. The van der Waals surface area contributed by atoms with Crippen molar-refractivity contribution >= 4 is 10.9 Å². The van der Waals surface area contributed by atoms with Crippen LogP contribution in [0.25, 0.3) is 10.9 Å². The van der Waals surface area contributed by atoms with Crippen LogP contribution in [0.1, 0.15) is 17.7 Å². The van der Waals surface area contributed by atoms with Crippen LogP contribution in [0.2, 0.25) is 0 Å². The summed E-state index contributed by atoms with van der Waals surface area (Å²) >= 11 is 0. The summed E-state index contributed by atoms with van der Waals surface area (Å²) < 4.78 is 0. The summed E-state index contributed by atoms with van der Waals surface area (Å²) in [6.07, 6.45) is 3.59. The van der Waals surface area contributed by atoms with E-state index in [0.717, 1.165) is 6.42 Å². The SMILES string of the molecule is CN[C@H]1CCc2[nH]c3ccccc3c2C1. The predicted octanol–water partition coefficient (Wildman–Crippen LogP) is 2.24. The Bertz CT molecular complexity index is 484. The highest BCUT2D eigenvalue weighted by Gasteiger charge is 2.20. The van der Waals surface area contributed by atoms with Gasteiger partial charge in [-0.3, -0.25) is 0 Å². The van der Waals surface area contributed by atoms with E-state index in [-0.39, 0.29) is 0 Å². The normalized spacial score (nSPS) is 20.5. The van der Waals surface area contributed by atoms with E-state index in [1.54, 1.807) is 0 Å². The van der Waals surface area contributed by atoms with Crippen molar-refractivity contribution in [2.24, 2.45) is 0 Å². The number of aromatic amines is 1. The lowest BCUT2D eigenvalue weighted by Gasteiger charge is -2.21. The van der Waals surface area contributed by atoms with Gasteiger partial charge in [0, 0.05) is 22.6 Å². The zero-order valence-corrected chi connectivity index (χ0v) is 9.01. The van der Waals surface area contributed by atoms with E-state index >= 15 is 0 Å². The summed E-state index contributed by atoms with van der Waals surface area (Å²) in [7, 11) is 2.06. The molecule has 0 bridgehead atoms. The second kappa shape index (κ2) is 3.38. The maximum Gasteiger partial charge on any atom is 0.0458 e. The number of para-hydroxylation sites is 1. The minimum atomic E-state index is 0.650.